The Morgan fingerprint density at radius 1 is 1.39 bits per heavy atom. The van der Waals surface area contributed by atoms with Gasteiger partial charge in [-0.05, 0) is 46.6 Å². The Morgan fingerprint density at radius 2 is 2.17 bits per heavy atom. The molecule has 23 heavy (non-hydrogen) atoms. The molecule has 0 aromatic carbocycles. The van der Waals surface area contributed by atoms with Gasteiger partial charge in [0.25, 0.3) is 0 Å². The maximum atomic E-state index is 12.9. The van der Waals surface area contributed by atoms with Crippen LogP contribution < -0.4 is 0 Å². The molecule has 1 fully saturated rings. The van der Waals surface area contributed by atoms with Gasteiger partial charge < -0.3 is 13.9 Å². The molecule has 1 amide bonds. The predicted molar refractivity (Wildman–Crippen MR) is 88.4 cm³/mol. The van der Waals surface area contributed by atoms with Crippen molar-refractivity contribution < 1.29 is 9.21 Å². The number of amides is 1. The van der Waals surface area contributed by atoms with Crippen LogP contribution in [-0.2, 0) is 4.79 Å². The molecule has 0 bridgehead atoms. The highest BCUT2D eigenvalue weighted by Gasteiger charge is 2.30. The number of hydrogen-bond acceptors (Lipinski definition) is 3. The van der Waals surface area contributed by atoms with E-state index in [0.29, 0.717) is 6.04 Å². The topological polar surface area (TPSA) is 51.3 Å². The number of imidazole rings is 1. The summed E-state index contributed by atoms with van der Waals surface area (Å²) in [5.74, 6) is 2.76. The third kappa shape index (κ3) is 3.05. The summed E-state index contributed by atoms with van der Waals surface area (Å²) in [7, 11) is 0. The largest absolute Gasteiger partial charge is 0.466 e. The SMILES string of the molecule is Cc1cc([C@@H](C)C(=O)N2CCC[C@@H](n3ccnc3C)C2)c(C)o1. The summed E-state index contributed by atoms with van der Waals surface area (Å²) in [6, 6.07) is 2.31. The number of hydrogen-bond donors (Lipinski definition) is 0. The Balaban J connectivity index is 1.74. The number of aromatic nitrogens is 2. The van der Waals surface area contributed by atoms with E-state index in [2.05, 4.69) is 9.55 Å². The first-order valence-corrected chi connectivity index (χ1v) is 8.32. The Labute approximate surface area is 137 Å². The highest BCUT2D eigenvalue weighted by Crippen LogP contribution is 2.28. The Bertz CT molecular complexity index is 701. The molecule has 1 aliphatic heterocycles. The standard InChI is InChI=1S/C18H25N3O2/c1-12-10-17(14(3)23-12)13(2)18(22)20-8-5-6-16(11-20)21-9-7-19-15(21)4/h7,9-10,13,16H,5-6,8,11H2,1-4H3/t13-,16-/m1/s1. The fraction of sp³-hybridized carbons (Fsp3) is 0.556. The molecule has 2 atom stereocenters. The van der Waals surface area contributed by atoms with Gasteiger partial charge in [0.1, 0.15) is 17.3 Å². The van der Waals surface area contributed by atoms with Crippen molar-refractivity contribution in [2.75, 3.05) is 13.1 Å². The molecule has 1 aliphatic rings. The van der Waals surface area contributed by atoms with Gasteiger partial charge in [0.2, 0.25) is 5.91 Å². The van der Waals surface area contributed by atoms with Crippen LogP contribution >= 0.6 is 0 Å². The number of aryl methyl sites for hydroxylation is 3. The third-order valence-electron chi connectivity index (χ3n) is 4.88. The molecule has 5 nitrogen and oxygen atoms in total. The first kappa shape index (κ1) is 15.8. The molecule has 0 aliphatic carbocycles. The first-order valence-electron chi connectivity index (χ1n) is 8.32. The van der Waals surface area contributed by atoms with E-state index in [1.807, 2.05) is 51.1 Å². The second-order valence-corrected chi connectivity index (χ2v) is 6.55. The Morgan fingerprint density at radius 3 is 2.78 bits per heavy atom. The number of carbonyl (C=O) groups excluding carboxylic acids is 1. The van der Waals surface area contributed by atoms with E-state index in [1.165, 1.54) is 0 Å². The number of rotatable bonds is 3. The van der Waals surface area contributed by atoms with Crippen molar-refractivity contribution in [1.29, 1.82) is 0 Å². The molecule has 3 heterocycles. The fourth-order valence-corrected chi connectivity index (χ4v) is 3.64. The molecule has 2 aromatic heterocycles. The van der Waals surface area contributed by atoms with Crippen LogP contribution in [0.5, 0.6) is 0 Å². The van der Waals surface area contributed by atoms with Crippen molar-refractivity contribution in [1.82, 2.24) is 14.5 Å². The van der Waals surface area contributed by atoms with Gasteiger partial charge in [-0.3, -0.25) is 4.79 Å². The lowest BCUT2D eigenvalue weighted by molar-refractivity contribution is -0.134. The molecule has 2 aromatic rings. The van der Waals surface area contributed by atoms with Gasteiger partial charge >= 0.3 is 0 Å². The van der Waals surface area contributed by atoms with Crippen molar-refractivity contribution in [2.45, 2.75) is 52.5 Å². The Hall–Kier alpha value is -2.04. The van der Waals surface area contributed by atoms with Crippen LogP contribution in [0.15, 0.2) is 22.9 Å². The van der Waals surface area contributed by atoms with Gasteiger partial charge in [-0.25, -0.2) is 4.98 Å². The van der Waals surface area contributed by atoms with Crippen molar-refractivity contribution >= 4 is 5.91 Å². The minimum atomic E-state index is -0.157. The first-order chi connectivity index (χ1) is 11.0. The van der Waals surface area contributed by atoms with E-state index in [0.717, 1.165) is 48.8 Å². The molecule has 1 saturated heterocycles. The minimum Gasteiger partial charge on any atom is -0.466 e. The quantitative estimate of drug-likeness (QED) is 0.872. The van der Waals surface area contributed by atoms with Crippen LogP contribution in [0.4, 0.5) is 0 Å². The normalized spacial score (nSPS) is 19.8. The van der Waals surface area contributed by atoms with E-state index < -0.39 is 0 Å². The predicted octanol–water partition coefficient (Wildman–Crippen LogP) is 3.37. The number of likely N-dealkylation sites (tertiary alicyclic amines) is 1. The number of piperidine rings is 1. The fourth-order valence-electron chi connectivity index (χ4n) is 3.64. The van der Waals surface area contributed by atoms with Gasteiger partial charge in [0.15, 0.2) is 0 Å². The molecule has 0 spiro atoms. The van der Waals surface area contributed by atoms with E-state index in [9.17, 15) is 4.79 Å². The zero-order valence-corrected chi connectivity index (χ0v) is 14.4. The molecular formula is C18H25N3O2. The maximum Gasteiger partial charge on any atom is 0.230 e. The summed E-state index contributed by atoms with van der Waals surface area (Å²) < 4.78 is 7.78. The number of nitrogens with zero attached hydrogens (tertiary/aromatic N) is 3. The van der Waals surface area contributed by atoms with Crippen LogP contribution in [0.1, 0.15) is 54.6 Å². The summed E-state index contributed by atoms with van der Waals surface area (Å²) in [6.45, 7) is 9.44. The smallest absolute Gasteiger partial charge is 0.230 e. The van der Waals surface area contributed by atoms with Crippen molar-refractivity contribution in [3.8, 4) is 0 Å². The molecule has 0 saturated carbocycles. The van der Waals surface area contributed by atoms with E-state index in [4.69, 9.17) is 4.42 Å². The van der Waals surface area contributed by atoms with Crippen LogP contribution in [0.25, 0.3) is 0 Å². The van der Waals surface area contributed by atoms with Crippen LogP contribution in [-0.4, -0.2) is 33.4 Å². The van der Waals surface area contributed by atoms with E-state index >= 15 is 0 Å². The maximum absolute atomic E-state index is 12.9. The van der Waals surface area contributed by atoms with Crippen molar-refractivity contribution in [2.24, 2.45) is 0 Å². The molecule has 0 radical (unpaired) electrons. The van der Waals surface area contributed by atoms with Crippen molar-refractivity contribution in [3.05, 3.63) is 41.4 Å². The van der Waals surface area contributed by atoms with Crippen molar-refractivity contribution in [3.63, 3.8) is 0 Å². The zero-order valence-electron chi connectivity index (χ0n) is 14.4. The average Bonchev–Trinajstić information content (AvgIpc) is 3.11. The van der Waals surface area contributed by atoms with Crippen LogP contribution in [0.3, 0.4) is 0 Å². The van der Waals surface area contributed by atoms with E-state index in [1.54, 1.807) is 0 Å². The van der Waals surface area contributed by atoms with Gasteiger partial charge in [0, 0.05) is 31.0 Å². The van der Waals surface area contributed by atoms with Crippen LogP contribution in [0.2, 0.25) is 0 Å². The molecule has 0 N–H and O–H groups in total. The minimum absolute atomic E-state index is 0.157. The highest BCUT2D eigenvalue weighted by atomic mass is 16.3. The second kappa shape index (κ2) is 6.22. The van der Waals surface area contributed by atoms with E-state index in [-0.39, 0.29) is 11.8 Å². The highest BCUT2D eigenvalue weighted by molar-refractivity contribution is 5.83. The monoisotopic (exact) mass is 315 g/mol. The lowest BCUT2D eigenvalue weighted by atomic mass is 9.97. The number of carbonyl (C=O) groups is 1. The Kier molecular flexibility index (Phi) is 4.28. The molecule has 124 valence electrons. The van der Waals surface area contributed by atoms with Gasteiger partial charge in [-0.1, -0.05) is 0 Å². The average molecular weight is 315 g/mol. The second-order valence-electron chi connectivity index (χ2n) is 6.55. The van der Waals surface area contributed by atoms with Gasteiger partial charge in [-0.2, -0.15) is 0 Å². The molecule has 0 unspecified atom stereocenters. The molecule has 3 rings (SSSR count). The molecule has 5 heteroatoms. The summed E-state index contributed by atoms with van der Waals surface area (Å²) in [4.78, 5) is 19.2. The summed E-state index contributed by atoms with van der Waals surface area (Å²) in [5, 5.41) is 0. The van der Waals surface area contributed by atoms with Crippen LogP contribution in [0, 0.1) is 20.8 Å². The summed E-state index contributed by atoms with van der Waals surface area (Å²) >= 11 is 0. The lowest BCUT2D eigenvalue weighted by Gasteiger charge is -2.35. The summed E-state index contributed by atoms with van der Waals surface area (Å²) in [6.07, 6.45) is 5.97. The third-order valence-corrected chi connectivity index (χ3v) is 4.88. The van der Waals surface area contributed by atoms with Gasteiger partial charge in [0.05, 0.1) is 12.0 Å². The zero-order chi connectivity index (χ0) is 16.6. The lowest BCUT2D eigenvalue weighted by Crippen LogP contribution is -2.42. The number of furan rings is 1. The summed E-state index contributed by atoms with van der Waals surface area (Å²) in [5.41, 5.74) is 1.01. The molecular weight excluding hydrogens is 290 g/mol. The van der Waals surface area contributed by atoms with Gasteiger partial charge in [-0.15, -0.1) is 0 Å².